The van der Waals surface area contributed by atoms with Crippen LogP contribution in [0.3, 0.4) is 0 Å². The Morgan fingerprint density at radius 3 is 2.79 bits per heavy atom. The average molecular weight is 275 g/mol. The van der Waals surface area contributed by atoms with Crippen LogP contribution in [-0.4, -0.2) is 21.7 Å². The minimum absolute atomic E-state index is 0.0713. The van der Waals surface area contributed by atoms with Crippen LogP contribution in [0.4, 0.5) is 0 Å². The fourth-order valence-corrected chi connectivity index (χ4v) is 2.18. The summed E-state index contributed by atoms with van der Waals surface area (Å²) in [5, 5.41) is 16.2. The van der Waals surface area contributed by atoms with Crippen LogP contribution in [0.25, 0.3) is 0 Å². The van der Waals surface area contributed by atoms with Gasteiger partial charge in [0.1, 0.15) is 10.8 Å². The molecule has 2 N–H and O–H groups in total. The molecule has 2 rings (SSSR count). The van der Waals surface area contributed by atoms with Crippen LogP contribution in [-0.2, 0) is 0 Å². The first-order valence-corrected chi connectivity index (χ1v) is 6.51. The molecule has 0 fully saturated rings. The second-order valence-electron chi connectivity index (χ2n) is 3.95. The number of carbonyl (C=O) groups is 1. The Hall–Kier alpha value is -2.21. The predicted molar refractivity (Wildman–Crippen MR) is 74.6 cm³/mol. The molecule has 2 aromatic rings. The number of benzene rings is 1. The zero-order valence-electron chi connectivity index (χ0n) is 10.5. The first kappa shape index (κ1) is 13.2. The Morgan fingerprint density at radius 1 is 1.42 bits per heavy atom. The molecular weight excluding hydrogens is 262 g/mol. The number of amides is 1. The molecule has 0 atom stereocenters. The normalized spacial score (nSPS) is 11.4. The Morgan fingerprint density at radius 2 is 2.16 bits per heavy atom. The number of para-hydroxylation sites is 1. The van der Waals surface area contributed by atoms with Gasteiger partial charge in [0.05, 0.1) is 11.3 Å². The van der Waals surface area contributed by atoms with Gasteiger partial charge in [-0.1, -0.05) is 12.1 Å². The average Bonchev–Trinajstić information content (AvgIpc) is 2.83. The van der Waals surface area contributed by atoms with Crippen molar-refractivity contribution >= 4 is 23.0 Å². The lowest BCUT2D eigenvalue weighted by atomic mass is 10.2. The highest BCUT2D eigenvalue weighted by molar-refractivity contribution is 7.11. The van der Waals surface area contributed by atoms with Gasteiger partial charge in [0.2, 0.25) is 0 Å². The summed E-state index contributed by atoms with van der Waals surface area (Å²) in [5.41, 5.74) is 4.14. The third kappa shape index (κ3) is 3.17. The fourth-order valence-electron chi connectivity index (χ4n) is 1.43. The third-order valence-corrected chi connectivity index (χ3v) is 3.47. The standard InChI is InChI=1S/C13H13N3O2S/c1-8-7-19-13(14-8)9(2)15-16-12(18)10-5-3-4-6-11(10)17/h3-7,17H,1-2H3,(H,16,18)/b15-9+. The maximum atomic E-state index is 11.8. The largest absolute Gasteiger partial charge is 0.507 e. The van der Waals surface area contributed by atoms with E-state index in [9.17, 15) is 9.90 Å². The summed E-state index contributed by atoms with van der Waals surface area (Å²) in [7, 11) is 0. The number of nitrogens with zero attached hydrogens (tertiary/aromatic N) is 2. The number of phenols is 1. The monoisotopic (exact) mass is 275 g/mol. The summed E-state index contributed by atoms with van der Waals surface area (Å²) in [6.45, 7) is 3.66. The third-order valence-electron chi connectivity index (χ3n) is 2.40. The van der Waals surface area contributed by atoms with Gasteiger partial charge >= 0.3 is 0 Å². The van der Waals surface area contributed by atoms with Crippen LogP contribution in [0.15, 0.2) is 34.7 Å². The van der Waals surface area contributed by atoms with Gasteiger partial charge in [0, 0.05) is 11.1 Å². The van der Waals surface area contributed by atoms with Crippen LogP contribution < -0.4 is 5.43 Å². The predicted octanol–water partition coefficient (Wildman–Crippen LogP) is 2.31. The van der Waals surface area contributed by atoms with Crippen molar-refractivity contribution in [2.75, 3.05) is 0 Å². The van der Waals surface area contributed by atoms with E-state index >= 15 is 0 Å². The molecule has 0 spiro atoms. The summed E-state index contributed by atoms with van der Waals surface area (Å²) >= 11 is 1.47. The van der Waals surface area contributed by atoms with E-state index in [1.165, 1.54) is 23.5 Å². The van der Waals surface area contributed by atoms with Crippen molar-refractivity contribution in [1.29, 1.82) is 0 Å². The lowest BCUT2D eigenvalue weighted by molar-refractivity contribution is 0.0952. The number of hydrazone groups is 1. The van der Waals surface area contributed by atoms with E-state index in [2.05, 4.69) is 15.5 Å². The zero-order valence-corrected chi connectivity index (χ0v) is 11.4. The molecule has 0 saturated heterocycles. The van der Waals surface area contributed by atoms with Crippen molar-refractivity contribution in [1.82, 2.24) is 10.4 Å². The topological polar surface area (TPSA) is 74.6 Å². The zero-order chi connectivity index (χ0) is 13.8. The van der Waals surface area contributed by atoms with Gasteiger partial charge in [-0.3, -0.25) is 4.79 Å². The van der Waals surface area contributed by atoms with Gasteiger partial charge < -0.3 is 5.11 Å². The highest BCUT2D eigenvalue weighted by Gasteiger charge is 2.10. The number of phenolic OH excluding ortho intramolecular Hbond substituents is 1. The summed E-state index contributed by atoms with van der Waals surface area (Å²) in [6, 6.07) is 6.31. The maximum Gasteiger partial charge on any atom is 0.275 e. The molecule has 0 aliphatic rings. The van der Waals surface area contributed by atoms with Crippen LogP contribution in [0.5, 0.6) is 5.75 Å². The molecule has 98 valence electrons. The second kappa shape index (κ2) is 5.62. The first-order chi connectivity index (χ1) is 9.08. The minimum atomic E-state index is -0.453. The quantitative estimate of drug-likeness (QED) is 0.666. The van der Waals surface area contributed by atoms with Gasteiger partial charge in [-0.15, -0.1) is 11.3 Å². The molecule has 19 heavy (non-hydrogen) atoms. The Bertz CT molecular complexity index is 634. The van der Waals surface area contributed by atoms with Crippen molar-refractivity contribution in [2.45, 2.75) is 13.8 Å². The van der Waals surface area contributed by atoms with Gasteiger partial charge in [0.15, 0.2) is 0 Å². The van der Waals surface area contributed by atoms with Gasteiger partial charge in [-0.2, -0.15) is 5.10 Å². The lowest BCUT2D eigenvalue weighted by Crippen LogP contribution is -2.19. The number of aromatic hydroxyl groups is 1. The number of thiazole rings is 1. The van der Waals surface area contributed by atoms with Crippen LogP contribution in [0.2, 0.25) is 0 Å². The molecule has 6 heteroatoms. The van der Waals surface area contributed by atoms with Crippen molar-refractivity contribution in [2.24, 2.45) is 5.10 Å². The number of nitrogens with one attached hydrogen (secondary N) is 1. The van der Waals surface area contributed by atoms with Crippen molar-refractivity contribution < 1.29 is 9.90 Å². The Balaban J connectivity index is 2.10. The maximum absolute atomic E-state index is 11.8. The molecule has 0 unspecified atom stereocenters. The molecule has 0 aliphatic carbocycles. The number of carbonyl (C=O) groups excluding carboxylic acids is 1. The van der Waals surface area contributed by atoms with E-state index in [4.69, 9.17) is 0 Å². The molecular formula is C13H13N3O2S. The minimum Gasteiger partial charge on any atom is -0.507 e. The molecule has 1 heterocycles. The van der Waals surface area contributed by atoms with Gasteiger partial charge in [-0.25, -0.2) is 10.4 Å². The van der Waals surface area contributed by atoms with Gasteiger partial charge in [-0.05, 0) is 26.0 Å². The number of aromatic nitrogens is 1. The van der Waals surface area contributed by atoms with Crippen molar-refractivity contribution in [3.05, 3.63) is 45.9 Å². The molecule has 0 saturated carbocycles. The summed E-state index contributed by atoms with van der Waals surface area (Å²) in [4.78, 5) is 16.1. The number of hydrogen-bond donors (Lipinski definition) is 2. The van der Waals surface area contributed by atoms with E-state index in [0.29, 0.717) is 5.71 Å². The molecule has 1 aromatic heterocycles. The van der Waals surface area contributed by atoms with Crippen molar-refractivity contribution in [3.63, 3.8) is 0 Å². The molecule has 0 aliphatic heterocycles. The fraction of sp³-hybridized carbons (Fsp3) is 0.154. The molecule has 0 radical (unpaired) electrons. The Labute approximate surface area is 114 Å². The summed E-state index contributed by atoms with van der Waals surface area (Å²) in [6.07, 6.45) is 0. The van der Waals surface area contributed by atoms with E-state index in [1.807, 2.05) is 12.3 Å². The van der Waals surface area contributed by atoms with Crippen LogP contribution in [0, 0.1) is 6.92 Å². The van der Waals surface area contributed by atoms with E-state index < -0.39 is 5.91 Å². The number of aryl methyl sites for hydroxylation is 1. The summed E-state index contributed by atoms with van der Waals surface area (Å²) < 4.78 is 0. The van der Waals surface area contributed by atoms with Crippen LogP contribution in [0.1, 0.15) is 28.0 Å². The van der Waals surface area contributed by atoms with Crippen molar-refractivity contribution in [3.8, 4) is 5.75 Å². The van der Waals surface area contributed by atoms with Crippen LogP contribution >= 0.6 is 11.3 Å². The smallest absolute Gasteiger partial charge is 0.275 e. The lowest BCUT2D eigenvalue weighted by Gasteiger charge is -2.02. The molecule has 0 bridgehead atoms. The summed E-state index contributed by atoms with van der Waals surface area (Å²) in [5.74, 6) is -0.524. The van der Waals surface area contributed by atoms with E-state index in [1.54, 1.807) is 19.1 Å². The molecule has 1 aromatic carbocycles. The second-order valence-corrected chi connectivity index (χ2v) is 4.81. The van der Waals surface area contributed by atoms with E-state index in [-0.39, 0.29) is 11.3 Å². The molecule has 5 nitrogen and oxygen atoms in total. The number of rotatable bonds is 3. The Kier molecular flexibility index (Phi) is 3.91. The highest BCUT2D eigenvalue weighted by atomic mass is 32.1. The first-order valence-electron chi connectivity index (χ1n) is 5.63. The molecule has 1 amide bonds. The number of hydrogen-bond acceptors (Lipinski definition) is 5. The van der Waals surface area contributed by atoms with Gasteiger partial charge in [0.25, 0.3) is 5.91 Å². The SMILES string of the molecule is C/C(=N\NC(=O)c1ccccc1O)c1nc(C)cs1. The highest BCUT2D eigenvalue weighted by Crippen LogP contribution is 2.15. The van der Waals surface area contributed by atoms with E-state index in [0.717, 1.165) is 10.7 Å².